The molecule has 3 rings (SSSR count). The number of amides is 1. The molecule has 0 fully saturated rings. The fourth-order valence-electron chi connectivity index (χ4n) is 3.49. The molecule has 1 heterocycles. The van der Waals surface area contributed by atoms with Gasteiger partial charge in [0.2, 0.25) is 5.91 Å². The van der Waals surface area contributed by atoms with Crippen molar-refractivity contribution in [2.24, 2.45) is 0 Å². The van der Waals surface area contributed by atoms with Crippen molar-refractivity contribution in [3.8, 4) is 22.9 Å². The van der Waals surface area contributed by atoms with Gasteiger partial charge in [-0.05, 0) is 70.2 Å². The van der Waals surface area contributed by atoms with E-state index in [0.717, 1.165) is 29.0 Å². The van der Waals surface area contributed by atoms with Crippen LogP contribution in [-0.2, 0) is 9.53 Å². The Labute approximate surface area is 226 Å². The molecule has 0 aliphatic carbocycles. The molecule has 0 aliphatic rings. The second kappa shape index (κ2) is 11.2. The molecule has 1 aromatic heterocycles. The standard InChI is InChI=1S/C27H23ClF3N3O5/c1-15(24(36)33-19-8-5-16(6-9-19)25(37)39-26(2,3)4)34-14-17(13-32)20(12-23(34)35)21-11-18(28)7-10-22(21)38-27(29,30)31/h5-12,14-15H,1-4H3,(H,33,36). The summed E-state index contributed by atoms with van der Waals surface area (Å²) in [4.78, 5) is 38.0. The molecular weight excluding hydrogens is 539 g/mol. The average molecular weight is 562 g/mol. The lowest BCUT2D eigenvalue weighted by molar-refractivity contribution is -0.274. The number of benzene rings is 2. The predicted molar refractivity (Wildman–Crippen MR) is 137 cm³/mol. The number of aromatic nitrogens is 1. The van der Waals surface area contributed by atoms with Gasteiger partial charge in [0.15, 0.2) is 0 Å². The summed E-state index contributed by atoms with van der Waals surface area (Å²) < 4.78 is 49.0. The molecule has 39 heavy (non-hydrogen) atoms. The third-order valence-electron chi connectivity index (χ3n) is 5.24. The Kier molecular flexibility index (Phi) is 8.41. The molecule has 12 heteroatoms. The van der Waals surface area contributed by atoms with E-state index in [9.17, 15) is 32.8 Å². The number of esters is 1. The molecule has 0 aliphatic heterocycles. The molecule has 204 valence electrons. The van der Waals surface area contributed by atoms with E-state index < -0.39 is 41.2 Å². The van der Waals surface area contributed by atoms with Gasteiger partial charge in [0.1, 0.15) is 23.5 Å². The molecule has 3 aromatic rings. The van der Waals surface area contributed by atoms with Crippen LogP contribution in [-0.4, -0.2) is 28.4 Å². The molecule has 2 aromatic carbocycles. The summed E-state index contributed by atoms with van der Waals surface area (Å²) in [6, 6.07) is 10.8. The van der Waals surface area contributed by atoms with Gasteiger partial charge in [-0.3, -0.25) is 9.59 Å². The number of halogens is 4. The fourth-order valence-corrected chi connectivity index (χ4v) is 3.66. The number of alkyl halides is 3. The molecule has 0 saturated carbocycles. The zero-order valence-electron chi connectivity index (χ0n) is 21.2. The summed E-state index contributed by atoms with van der Waals surface area (Å²) in [5.74, 6) is -1.81. The first-order chi connectivity index (χ1) is 18.1. The van der Waals surface area contributed by atoms with Crippen molar-refractivity contribution in [3.05, 3.63) is 81.2 Å². The van der Waals surface area contributed by atoms with Gasteiger partial charge in [-0.15, -0.1) is 13.2 Å². The van der Waals surface area contributed by atoms with Gasteiger partial charge in [0.25, 0.3) is 5.56 Å². The van der Waals surface area contributed by atoms with E-state index in [1.54, 1.807) is 20.8 Å². The third-order valence-corrected chi connectivity index (χ3v) is 5.48. The summed E-state index contributed by atoms with van der Waals surface area (Å²) in [5.41, 5.74) is -1.39. The summed E-state index contributed by atoms with van der Waals surface area (Å²) in [5, 5.41) is 12.4. The van der Waals surface area contributed by atoms with Crippen molar-refractivity contribution in [1.82, 2.24) is 4.57 Å². The first-order valence-corrected chi connectivity index (χ1v) is 11.8. The molecule has 1 atom stereocenters. The Morgan fingerprint density at radius 2 is 1.69 bits per heavy atom. The highest BCUT2D eigenvalue weighted by molar-refractivity contribution is 6.31. The third kappa shape index (κ3) is 7.61. The summed E-state index contributed by atoms with van der Waals surface area (Å²) in [6.07, 6.45) is -3.95. The van der Waals surface area contributed by atoms with Gasteiger partial charge in [-0.2, -0.15) is 5.26 Å². The lowest BCUT2D eigenvalue weighted by Crippen LogP contribution is -2.31. The van der Waals surface area contributed by atoms with Gasteiger partial charge in [-0.1, -0.05) is 11.6 Å². The number of pyridine rings is 1. The molecule has 0 bridgehead atoms. The molecule has 0 radical (unpaired) electrons. The smallest absolute Gasteiger partial charge is 0.456 e. The van der Waals surface area contributed by atoms with E-state index >= 15 is 0 Å². The van der Waals surface area contributed by atoms with E-state index in [0.29, 0.717) is 5.69 Å². The van der Waals surface area contributed by atoms with Crippen LogP contribution in [0.5, 0.6) is 5.75 Å². The zero-order chi connectivity index (χ0) is 29.1. The first-order valence-electron chi connectivity index (χ1n) is 11.4. The van der Waals surface area contributed by atoms with Gasteiger partial charge in [0.05, 0.1) is 11.1 Å². The van der Waals surface area contributed by atoms with Gasteiger partial charge >= 0.3 is 12.3 Å². The number of nitriles is 1. The monoisotopic (exact) mass is 561 g/mol. The van der Waals surface area contributed by atoms with Gasteiger partial charge < -0.3 is 19.4 Å². The Balaban J connectivity index is 1.88. The van der Waals surface area contributed by atoms with Crippen molar-refractivity contribution in [1.29, 1.82) is 5.26 Å². The van der Waals surface area contributed by atoms with E-state index in [1.165, 1.54) is 37.3 Å². The van der Waals surface area contributed by atoms with Crippen molar-refractivity contribution in [3.63, 3.8) is 0 Å². The van der Waals surface area contributed by atoms with Crippen LogP contribution in [0.4, 0.5) is 18.9 Å². The fraction of sp³-hybridized carbons (Fsp3) is 0.259. The Bertz CT molecular complexity index is 1500. The summed E-state index contributed by atoms with van der Waals surface area (Å²) >= 11 is 5.95. The van der Waals surface area contributed by atoms with Gasteiger partial charge in [0, 0.05) is 34.1 Å². The van der Waals surface area contributed by atoms with Crippen LogP contribution in [0.25, 0.3) is 11.1 Å². The quantitative estimate of drug-likeness (QED) is 0.364. The van der Waals surface area contributed by atoms with Crippen molar-refractivity contribution in [2.45, 2.75) is 45.7 Å². The lowest BCUT2D eigenvalue weighted by atomic mass is 10.0. The molecule has 1 N–H and O–H groups in total. The lowest BCUT2D eigenvalue weighted by Gasteiger charge is -2.20. The Morgan fingerprint density at radius 1 is 1.05 bits per heavy atom. The highest BCUT2D eigenvalue weighted by Gasteiger charge is 2.33. The number of hydrogen-bond acceptors (Lipinski definition) is 6. The number of anilines is 1. The highest BCUT2D eigenvalue weighted by atomic mass is 35.5. The number of ether oxygens (including phenoxy) is 2. The number of nitrogens with zero attached hydrogens (tertiary/aromatic N) is 2. The number of rotatable bonds is 6. The van der Waals surface area contributed by atoms with Crippen LogP contribution in [0.2, 0.25) is 5.02 Å². The second-order valence-electron chi connectivity index (χ2n) is 9.39. The minimum Gasteiger partial charge on any atom is -0.456 e. The van der Waals surface area contributed by atoms with Crippen LogP contribution in [0.1, 0.15) is 49.7 Å². The van der Waals surface area contributed by atoms with Gasteiger partial charge in [-0.25, -0.2) is 4.79 Å². The maximum Gasteiger partial charge on any atom is 0.573 e. The second-order valence-corrected chi connectivity index (χ2v) is 9.83. The highest BCUT2D eigenvalue weighted by Crippen LogP contribution is 2.37. The molecule has 1 amide bonds. The number of carbonyl (C=O) groups excluding carboxylic acids is 2. The molecule has 0 spiro atoms. The summed E-state index contributed by atoms with van der Waals surface area (Å²) in [6.45, 7) is 6.61. The first kappa shape index (κ1) is 29.3. The van der Waals surface area contributed by atoms with Crippen molar-refractivity contribution in [2.75, 3.05) is 5.32 Å². The Hall–Kier alpha value is -4.30. The van der Waals surface area contributed by atoms with E-state index in [1.807, 2.05) is 6.07 Å². The largest absolute Gasteiger partial charge is 0.573 e. The molecule has 0 saturated heterocycles. The maximum absolute atomic E-state index is 12.9. The number of carbonyl (C=O) groups is 2. The molecule has 1 unspecified atom stereocenters. The molecule has 8 nitrogen and oxygen atoms in total. The normalized spacial score (nSPS) is 12.3. The van der Waals surface area contributed by atoms with E-state index in [4.69, 9.17) is 16.3 Å². The zero-order valence-corrected chi connectivity index (χ0v) is 22.0. The number of nitrogens with one attached hydrogen (secondary N) is 1. The van der Waals surface area contributed by atoms with Crippen LogP contribution in [0.15, 0.2) is 59.5 Å². The minimum atomic E-state index is -5.03. The Morgan fingerprint density at radius 3 is 2.26 bits per heavy atom. The number of hydrogen-bond donors (Lipinski definition) is 1. The van der Waals surface area contributed by atoms with Crippen molar-refractivity contribution < 1.29 is 32.2 Å². The summed E-state index contributed by atoms with van der Waals surface area (Å²) in [7, 11) is 0. The van der Waals surface area contributed by atoms with Crippen LogP contribution in [0, 0.1) is 11.3 Å². The van der Waals surface area contributed by atoms with Crippen molar-refractivity contribution >= 4 is 29.2 Å². The van der Waals surface area contributed by atoms with Crippen LogP contribution in [0.3, 0.4) is 0 Å². The van der Waals surface area contributed by atoms with Crippen LogP contribution < -0.4 is 15.6 Å². The maximum atomic E-state index is 12.9. The van der Waals surface area contributed by atoms with E-state index in [2.05, 4.69) is 10.1 Å². The van der Waals surface area contributed by atoms with Crippen LogP contribution >= 0.6 is 11.6 Å². The topological polar surface area (TPSA) is 110 Å². The predicted octanol–water partition coefficient (Wildman–Crippen LogP) is 6.09. The SMILES string of the molecule is CC(C(=O)Nc1ccc(C(=O)OC(C)(C)C)cc1)n1cc(C#N)c(-c2cc(Cl)ccc2OC(F)(F)F)cc1=O. The van der Waals surface area contributed by atoms with E-state index in [-0.39, 0.29) is 27.3 Å². The molecular formula is C27H23ClF3N3O5. The average Bonchev–Trinajstić information content (AvgIpc) is 2.83. The minimum absolute atomic E-state index is 0.0537.